The Kier molecular flexibility index (Phi) is 5.76. The number of amides is 1. The van der Waals surface area contributed by atoms with Crippen LogP contribution in [0.3, 0.4) is 0 Å². The fraction of sp³-hybridized carbons (Fsp3) is 0.190. The number of nitrogens with one attached hydrogen (secondary N) is 2. The molecule has 2 N–H and O–H groups in total. The second kappa shape index (κ2) is 8.40. The van der Waals surface area contributed by atoms with E-state index in [1.807, 2.05) is 32.0 Å². The molecule has 0 saturated carbocycles. The summed E-state index contributed by atoms with van der Waals surface area (Å²) in [5, 5.41) is 14.0. The molecule has 1 amide bonds. The van der Waals surface area contributed by atoms with E-state index in [1.165, 1.54) is 12.1 Å². The molecule has 0 unspecified atom stereocenters. The van der Waals surface area contributed by atoms with Crippen LogP contribution in [-0.2, 0) is 6.42 Å². The molecule has 0 fully saturated rings. The zero-order chi connectivity index (χ0) is 19.2. The number of aryl methyl sites for hydroxylation is 2. The summed E-state index contributed by atoms with van der Waals surface area (Å²) < 4.78 is 12.9. The first kappa shape index (κ1) is 18.5. The van der Waals surface area contributed by atoms with Crippen molar-refractivity contribution in [1.82, 2.24) is 10.2 Å². The highest BCUT2D eigenvalue weighted by Gasteiger charge is 2.09. The SMILES string of the molecule is Cc1cc(C)cc(NC(=O)c2ccc(NCCc3ccc(F)cc3)nn2)c1. The van der Waals surface area contributed by atoms with Gasteiger partial charge in [-0.15, -0.1) is 10.2 Å². The largest absolute Gasteiger partial charge is 0.368 e. The van der Waals surface area contributed by atoms with Crippen LogP contribution in [-0.4, -0.2) is 22.6 Å². The lowest BCUT2D eigenvalue weighted by atomic mass is 10.1. The summed E-state index contributed by atoms with van der Waals surface area (Å²) in [7, 11) is 0. The van der Waals surface area contributed by atoms with Crippen molar-refractivity contribution in [3.8, 4) is 0 Å². The first-order valence-corrected chi connectivity index (χ1v) is 8.71. The molecule has 0 aliphatic heterocycles. The molecule has 0 spiro atoms. The molecule has 0 saturated heterocycles. The number of rotatable bonds is 6. The molecule has 5 nitrogen and oxygen atoms in total. The molecule has 0 radical (unpaired) electrons. The van der Waals surface area contributed by atoms with Crippen LogP contribution in [0.1, 0.15) is 27.2 Å². The standard InChI is InChI=1S/C21H21FN4O/c1-14-11-15(2)13-18(12-14)24-21(27)19-7-8-20(26-25-19)23-10-9-16-3-5-17(22)6-4-16/h3-8,11-13H,9-10H2,1-2H3,(H,23,26)(H,24,27). The van der Waals surface area contributed by atoms with Gasteiger partial charge in [-0.3, -0.25) is 4.79 Å². The maximum absolute atomic E-state index is 12.9. The van der Waals surface area contributed by atoms with E-state index in [9.17, 15) is 9.18 Å². The highest BCUT2D eigenvalue weighted by molar-refractivity contribution is 6.02. The third-order valence-electron chi connectivity index (χ3n) is 4.01. The van der Waals surface area contributed by atoms with Crippen LogP contribution < -0.4 is 10.6 Å². The van der Waals surface area contributed by atoms with Gasteiger partial charge in [-0.2, -0.15) is 0 Å². The summed E-state index contributed by atoms with van der Waals surface area (Å²) >= 11 is 0. The van der Waals surface area contributed by atoms with E-state index in [1.54, 1.807) is 24.3 Å². The number of benzene rings is 2. The van der Waals surface area contributed by atoms with Gasteiger partial charge in [0.2, 0.25) is 0 Å². The minimum atomic E-state index is -0.301. The summed E-state index contributed by atoms with van der Waals surface area (Å²) in [5.74, 6) is 0.0395. The first-order valence-electron chi connectivity index (χ1n) is 8.71. The molecule has 0 aliphatic rings. The van der Waals surface area contributed by atoms with Crippen molar-refractivity contribution >= 4 is 17.4 Å². The van der Waals surface area contributed by atoms with Gasteiger partial charge in [0, 0.05) is 12.2 Å². The Bertz CT molecular complexity index is 904. The lowest BCUT2D eigenvalue weighted by Crippen LogP contribution is -2.15. The van der Waals surface area contributed by atoms with Gasteiger partial charge in [-0.25, -0.2) is 4.39 Å². The van der Waals surface area contributed by atoms with Gasteiger partial charge in [0.25, 0.3) is 5.91 Å². The van der Waals surface area contributed by atoms with Gasteiger partial charge in [-0.1, -0.05) is 18.2 Å². The van der Waals surface area contributed by atoms with Crippen LogP contribution in [0.2, 0.25) is 0 Å². The van der Waals surface area contributed by atoms with Gasteiger partial charge in [0.05, 0.1) is 0 Å². The molecule has 0 aliphatic carbocycles. The van der Waals surface area contributed by atoms with E-state index >= 15 is 0 Å². The van der Waals surface area contributed by atoms with Crippen molar-refractivity contribution in [3.05, 3.63) is 82.8 Å². The van der Waals surface area contributed by atoms with Gasteiger partial charge in [-0.05, 0) is 73.4 Å². The molecule has 0 bridgehead atoms. The smallest absolute Gasteiger partial charge is 0.276 e. The Hall–Kier alpha value is -3.28. The average molecular weight is 364 g/mol. The van der Waals surface area contributed by atoms with Crippen molar-refractivity contribution in [2.75, 3.05) is 17.2 Å². The quantitative estimate of drug-likeness (QED) is 0.690. The second-order valence-electron chi connectivity index (χ2n) is 6.44. The van der Waals surface area contributed by atoms with E-state index < -0.39 is 0 Å². The zero-order valence-electron chi connectivity index (χ0n) is 15.3. The minimum absolute atomic E-state index is 0.243. The van der Waals surface area contributed by atoms with Crippen LogP contribution in [0, 0.1) is 19.7 Å². The van der Waals surface area contributed by atoms with E-state index in [0.29, 0.717) is 12.4 Å². The number of anilines is 2. The highest BCUT2D eigenvalue weighted by Crippen LogP contribution is 2.15. The van der Waals surface area contributed by atoms with Crippen LogP contribution in [0.15, 0.2) is 54.6 Å². The first-order chi connectivity index (χ1) is 13.0. The maximum atomic E-state index is 12.9. The van der Waals surface area contributed by atoms with Crippen molar-refractivity contribution < 1.29 is 9.18 Å². The fourth-order valence-electron chi connectivity index (χ4n) is 2.78. The zero-order valence-corrected chi connectivity index (χ0v) is 15.3. The molecule has 138 valence electrons. The highest BCUT2D eigenvalue weighted by atomic mass is 19.1. The van der Waals surface area contributed by atoms with Crippen LogP contribution in [0.25, 0.3) is 0 Å². The molecule has 3 aromatic rings. The number of aromatic nitrogens is 2. The van der Waals surface area contributed by atoms with Crippen LogP contribution in [0.4, 0.5) is 15.9 Å². The third-order valence-corrected chi connectivity index (χ3v) is 4.01. The number of halogens is 1. The monoisotopic (exact) mass is 364 g/mol. The van der Waals surface area contributed by atoms with Gasteiger partial charge in [0.1, 0.15) is 11.6 Å². The van der Waals surface area contributed by atoms with E-state index in [4.69, 9.17) is 0 Å². The lowest BCUT2D eigenvalue weighted by Gasteiger charge is -2.08. The van der Waals surface area contributed by atoms with Crippen molar-refractivity contribution in [2.45, 2.75) is 20.3 Å². The van der Waals surface area contributed by atoms with Gasteiger partial charge >= 0.3 is 0 Å². The summed E-state index contributed by atoms with van der Waals surface area (Å²) in [6.07, 6.45) is 0.733. The molecule has 6 heteroatoms. The summed E-state index contributed by atoms with van der Waals surface area (Å²) in [6.45, 7) is 4.60. The molecular formula is C21H21FN4O. The predicted molar refractivity (Wildman–Crippen MR) is 104 cm³/mol. The van der Waals surface area contributed by atoms with Crippen molar-refractivity contribution in [2.24, 2.45) is 0 Å². The van der Waals surface area contributed by atoms with Crippen LogP contribution >= 0.6 is 0 Å². The number of nitrogens with zero attached hydrogens (tertiary/aromatic N) is 2. The van der Waals surface area contributed by atoms with E-state index in [0.717, 1.165) is 28.8 Å². The molecule has 27 heavy (non-hydrogen) atoms. The Morgan fingerprint density at radius 1 is 0.963 bits per heavy atom. The molecule has 1 heterocycles. The predicted octanol–water partition coefficient (Wildman–Crippen LogP) is 4.14. The van der Waals surface area contributed by atoms with E-state index in [-0.39, 0.29) is 17.4 Å². The Labute approximate surface area is 157 Å². The molecule has 1 aromatic heterocycles. The molecule has 3 rings (SSSR count). The lowest BCUT2D eigenvalue weighted by molar-refractivity contribution is 0.102. The normalized spacial score (nSPS) is 10.5. The van der Waals surface area contributed by atoms with E-state index in [2.05, 4.69) is 20.8 Å². The topological polar surface area (TPSA) is 66.9 Å². The fourth-order valence-corrected chi connectivity index (χ4v) is 2.78. The van der Waals surface area contributed by atoms with Gasteiger partial charge < -0.3 is 10.6 Å². The number of carbonyl (C=O) groups excluding carboxylic acids is 1. The maximum Gasteiger partial charge on any atom is 0.276 e. The van der Waals surface area contributed by atoms with Crippen LogP contribution in [0.5, 0.6) is 0 Å². The summed E-state index contributed by atoms with van der Waals surface area (Å²) in [6, 6.07) is 15.6. The van der Waals surface area contributed by atoms with Crippen molar-refractivity contribution in [3.63, 3.8) is 0 Å². The second-order valence-corrected chi connectivity index (χ2v) is 6.44. The molecule has 0 atom stereocenters. The molecular weight excluding hydrogens is 343 g/mol. The van der Waals surface area contributed by atoms with Crippen molar-refractivity contribution in [1.29, 1.82) is 0 Å². The Balaban J connectivity index is 1.54. The Morgan fingerprint density at radius 3 is 2.30 bits per heavy atom. The van der Waals surface area contributed by atoms with Gasteiger partial charge in [0.15, 0.2) is 5.69 Å². The summed E-state index contributed by atoms with van der Waals surface area (Å²) in [4.78, 5) is 12.3. The molecule has 2 aromatic carbocycles. The Morgan fingerprint density at radius 2 is 1.67 bits per heavy atom. The number of carbonyl (C=O) groups is 1. The number of hydrogen-bond acceptors (Lipinski definition) is 4. The summed E-state index contributed by atoms with van der Waals surface area (Å²) in [5.41, 5.74) is 4.18. The number of hydrogen-bond donors (Lipinski definition) is 2. The average Bonchev–Trinajstić information content (AvgIpc) is 2.63. The minimum Gasteiger partial charge on any atom is -0.368 e. The third kappa shape index (κ3) is 5.34.